The number of Topliss-reactive ketones (excluding diaryl/α,β-unsaturated/α-hetero) is 1. The van der Waals surface area contributed by atoms with Crippen molar-refractivity contribution in [3.63, 3.8) is 0 Å². The van der Waals surface area contributed by atoms with Gasteiger partial charge < -0.3 is 4.74 Å². The maximum absolute atomic E-state index is 14.7. The summed E-state index contributed by atoms with van der Waals surface area (Å²) in [7, 11) is 0. The van der Waals surface area contributed by atoms with Gasteiger partial charge in [0.15, 0.2) is 0 Å². The Morgan fingerprint density at radius 3 is 2.58 bits per heavy atom. The molecule has 2 fully saturated rings. The van der Waals surface area contributed by atoms with E-state index >= 15 is 0 Å². The van der Waals surface area contributed by atoms with Crippen LogP contribution in [-0.4, -0.2) is 29.7 Å². The van der Waals surface area contributed by atoms with Gasteiger partial charge >= 0.3 is 5.97 Å². The fourth-order valence-corrected chi connectivity index (χ4v) is 5.38. The second-order valence-corrected chi connectivity index (χ2v) is 9.92. The third-order valence-corrected chi connectivity index (χ3v) is 7.45. The average molecular weight is 489 g/mol. The molecule has 4 rings (SSSR count). The number of rotatable bonds is 10. The molecule has 0 bridgehead atoms. The van der Waals surface area contributed by atoms with Gasteiger partial charge in [-0.2, -0.15) is 5.26 Å². The van der Waals surface area contributed by atoms with Gasteiger partial charge in [-0.25, -0.2) is 4.39 Å². The van der Waals surface area contributed by atoms with Gasteiger partial charge in [-0.1, -0.05) is 36.4 Å². The Morgan fingerprint density at radius 1 is 1.17 bits per heavy atom. The van der Waals surface area contributed by atoms with Crippen LogP contribution in [0.25, 0.3) is 0 Å². The first-order valence-corrected chi connectivity index (χ1v) is 12.8. The van der Waals surface area contributed by atoms with Gasteiger partial charge in [-0.3, -0.25) is 14.5 Å². The molecule has 5 nitrogen and oxygen atoms in total. The van der Waals surface area contributed by atoms with Crippen molar-refractivity contribution < 1.29 is 18.7 Å². The van der Waals surface area contributed by atoms with Crippen LogP contribution in [0.5, 0.6) is 0 Å². The quantitative estimate of drug-likeness (QED) is 0.318. The van der Waals surface area contributed by atoms with Crippen molar-refractivity contribution >= 4 is 11.8 Å². The maximum Gasteiger partial charge on any atom is 0.307 e. The molecule has 0 N–H and O–H groups in total. The summed E-state index contributed by atoms with van der Waals surface area (Å²) in [4.78, 5) is 27.2. The number of ketones is 1. The first-order valence-electron chi connectivity index (χ1n) is 12.8. The summed E-state index contributed by atoms with van der Waals surface area (Å²) in [5, 5.41) is 8.99. The molecule has 2 atom stereocenters. The molecule has 6 heteroatoms. The number of esters is 1. The predicted octanol–water partition coefficient (Wildman–Crippen LogP) is 5.68. The summed E-state index contributed by atoms with van der Waals surface area (Å²) in [5.41, 5.74) is 2.72. The van der Waals surface area contributed by atoms with Crippen molar-refractivity contribution in [2.75, 3.05) is 13.1 Å². The van der Waals surface area contributed by atoms with Gasteiger partial charge in [0.05, 0.1) is 24.0 Å². The minimum Gasteiger partial charge on any atom is -0.457 e. The van der Waals surface area contributed by atoms with Crippen LogP contribution in [0, 0.1) is 29.0 Å². The molecule has 0 aromatic heterocycles. The summed E-state index contributed by atoms with van der Waals surface area (Å²) in [6.07, 6.45) is 6.12. The summed E-state index contributed by atoms with van der Waals surface area (Å²) in [5.74, 6) is -0.295. The first-order chi connectivity index (χ1) is 17.5. The summed E-state index contributed by atoms with van der Waals surface area (Å²) < 4.78 is 20.2. The Hall–Kier alpha value is -3.30. The standard InChI is InChI=1S/C30H33FN2O3/c1-2-5-23-7-4-8-25(29(23)31)20-33-16-14-21(15-17-33)6-3-9-27(34)26-18-28(35)36-30(26)24-12-10-22(19-32)11-13-24/h2,4,7-8,10-13,21,26,30H,1,3,5-6,9,14-18,20H2/t26-,30-/m1/s1. The number of hydrogen-bond acceptors (Lipinski definition) is 5. The molecular formula is C30H33FN2O3. The number of benzene rings is 2. The van der Waals surface area contributed by atoms with E-state index < -0.39 is 12.0 Å². The second kappa shape index (κ2) is 12.1. The minimum absolute atomic E-state index is 0.0718. The summed E-state index contributed by atoms with van der Waals surface area (Å²) >= 11 is 0. The molecular weight excluding hydrogens is 455 g/mol. The predicted molar refractivity (Wildman–Crippen MR) is 135 cm³/mol. The molecule has 0 spiro atoms. The van der Waals surface area contributed by atoms with Crippen molar-refractivity contribution in [2.45, 2.75) is 57.6 Å². The summed E-state index contributed by atoms with van der Waals surface area (Å²) in [6, 6.07) is 14.5. The van der Waals surface area contributed by atoms with Crippen LogP contribution in [0.15, 0.2) is 55.1 Å². The molecule has 0 radical (unpaired) electrons. The van der Waals surface area contributed by atoms with E-state index in [0.717, 1.165) is 49.9 Å². The number of likely N-dealkylation sites (tertiary alicyclic amines) is 1. The highest BCUT2D eigenvalue weighted by molar-refractivity contribution is 5.88. The van der Waals surface area contributed by atoms with Gasteiger partial charge in [0.2, 0.25) is 0 Å². The highest BCUT2D eigenvalue weighted by Crippen LogP contribution is 2.37. The molecule has 0 unspecified atom stereocenters. The number of halogens is 1. The molecule has 2 heterocycles. The molecule has 2 aromatic rings. The van der Waals surface area contributed by atoms with Crippen molar-refractivity contribution in [3.05, 3.63) is 83.2 Å². The Balaban J connectivity index is 1.22. The topological polar surface area (TPSA) is 70.4 Å². The second-order valence-electron chi connectivity index (χ2n) is 9.92. The minimum atomic E-state index is -0.564. The van der Waals surface area contributed by atoms with Crippen LogP contribution in [0.2, 0.25) is 0 Å². The molecule has 2 aliphatic rings. The van der Waals surface area contributed by atoms with Crippen molar-refractivity contribution in [1.29, 1.82) is 5.26 Å². The van der Waals surface area contributed by atoms with Crippen LogP contribution in [0.3, 0.4) is 0 Å². The smallest absolute Gasteiger partial charge is 0.307 e. The lowest BCUT2D eigenvalue weighted by atomic mass is 9.86. The molecule has 188 valence electrons. The van der Waals surface area contributed by atoms with Gasteiger partial charge in [0.1, 0.15) is 17.7 Å². The van der Waals surface area contributed by atoms with Crippen LogP contribution in [0.4, 0.5) is 4.39 Å². The van der Waals surface area contributed by atoms with Crippen molar-refractivity contribution in [3.8, 4) is 6.07 Å². The number of ether oxygens (including phenoxy) is 1. The SMILES string of the molecule is C=CCc1cccc(CN2CCC(CCCC(=O)[C@H]3CC(=O)O[C@@H]3c3ccc(C#N)cc3)CC2)c1F. The molecule has 0 saturated carbocycles. The van der Waals surface area contributed by atoms with Gasteiger partial charge in [-0.05, 0) is 74.4 Å². The van der Waals surface area contributed by atoms with Crippen molar-refractivity contribution in [2.24, 2.45) is 11.8 Å². The molecule has 36 heavy (non-hydrogen) atoms. The van der Waals surface area contributed by atoms with Crippen LogP contribution in [0.1, 0.15) is 66.9 Å². The van der Waals surface area contributed by atoms with E-state index in [1.54, 1.807) is 30.3 Å². The fraction of sp³-hybridized carbons (Fsp3) is 0.433. The highest BCUT2D eigenvalue weighted by Gasteiger charge is 2.40. The number of piperidine rings is 1. The lowest BCUT2D eigenvalue weighted by molar-refractivity contribution is -0.141. The normalized spacial score (nSPS) is 20.6. The van der Waals surface area contributed by atoms with Gasteiger partial charge in [0, 0.05) is 18.5 Å². The largest absolute Gasteiger partial charge is 0.457 e. The Bertz CT molecular complexity index is 1130. The zero-order valence-corrected chi connectivity index (χ0v) is 20.6. The van der Waals surface area contributed by atoms with Crippen LogP contribution in [-0.2, 0) is 27.3 Å². The molecule has 0 aliphatic carbocycles. The van der Waals surface area contributed by atoms with E-state index in [2.05, 4.69) is 17.5 Å². The number of nitrogens with zero attached hydrogens (tertiary/aromatic N) is 2. The van der Waals surface area contributed by atoms with Crippen molar-refractivity contribution in [1.82, 2.24) is 4.90 Å². The third-order valence-electron chi connectivity index (χ3n) is 7.45. The number of nitriles is 1. The zero-order valence-electron chi connectivity index (χ0n) is 20.6. The Kier molecular flexibility index (Phi) is 8.66. The molecule has 2 aromatic carbocycles. The lowest BCUT2D eigenvalue weighted by Crippen LogP contribution is -2.33. The number of carbonyl (C=O) groups is 2. The number of allylic oxidation sites excluding steroid dienone is 1. The molecule has 0 amide bonds. The maximum atomic E-state index is 14.7. The Labute approximate surface area is 212 Å². The van der Waals surface area contributed by atoms with Gasteiger partial charge in [-0.15, -0.1) is 6.58 Å². The van der Waals surface area contributed by atoms with E-state index in [0.29, 0.717) is 36.4 Å². The third kappa shape index (κ3) is 6.27. The van der Waals surface area contributed by atoms with E-state index in [1.165, 1.54) is 0 Å². The fourth-order valence-electron chi connectivity index (χ4n) is 5.38. The molecule has 2 aliphatic heterocycles. The monoisotopic (exact) mass is 488 g/mol. The average Bonchev–Trinajstić information content (AvgIpc) is 3.29. The van der Waals surface area contributed by atoms with Gasteiger partial charge in [0.25, 0.3) is 0 Å². The lowest BCUT2D eigenvalue weighted by Gasteiger charge is -2.32. The number of carbonyl (C=O) groups excluding carboxylic acids is 2. The van der Waals surface area contributed by atoms with E-state index in [-0.39, 0.29) is 24.0 Å². The van der Waals surface area contributed by atoms with E-state index in [1.807, 2.05) is 18.2 Å². The van der Waals surface area contributed by atoms with Crippen LogP contribution < -0.4 is 0 Å². The van der Waals surface area contributed by atoms with E-state index in [9.17, 15) is 14.0 Å². The molecule has 2 saturated heterocycles. The number of cyclic esters (lactones) is 1. The highest BCUT2D eigenvalue weighted by atomic mass is 19.1. The van der Waals surface area contributed by atoms with E-state index in [4.69, 9.17) is 10.00 Å². The number of hydrogen-bond donors (Lipinski definition) is 0. The summed E-state index contributed by atoms with van der Waals surface area (Å²) in [6.45, 7) is 6.18. The van der Waals surface area contributed by atoms with Crippen LogP contribution >= 0.6 is 0 Å². The first kappa shape index (κ1) is 25.8. The Morgan fingerprint density at radius 2 is 1.89 bits per heavy atom. The zero-order chi connectivity index (χ0) is 25.5.